The van der Waals surface area contributed by atoms with E-state index in [1.54, 1.807) is 12.3 Å². The monoisotopic (exact) mass is 601 g/mol. The molecule has 3 aromatic carbocycles. The van der Waals surface area contributed by atoms with Crippen LogP contribution < -0.4 is 16.4 Å². The van der Waals surface area contributed by atoms with Crippen LogP contribution in [0.3, 0.4) is 0 Å². The van der Waals surface area contributed by atoms with Gasteiger partial charge in [-0.05, 0) is 103 Å². The molecule has 1 aliphatic heterocycles. The largest absolute Gasteiger partial charge is 0.508 e. The fourth-order valence-electron chi connectivity index (χ4n) is 6.44. The molecule has 2 aliphatic carbocycles. The zero-order chi connectivity index (χ0) is 31.1. The number of benzene rings is 3. The number of fused-ring (bicyclic) bond motifs is 2. The Bertz CT molecular complexity index is 1930. The van der Waals surface area contributed by atoms with Gasteiger partial charge in [-0.25, -0.2) is 4.39 Å². The van der Waals surface area contributed by atoms with Crippen LogP contribution >= 0.6 is 0 Å². The van der Waals surface area contributed by atoms with Gasteiger partial charge >= 0.3 is 0 Å². The number of anilines is 1. The molecule has 7 nitrogen and oxygen atoms in total. The minimum absolute atomic E-state index is 0.0666. The highest BCUT2D eigenvalue weighted by molar-refractivity contribution is 6.18. The molecule has 2 heterocycles. The van der Waals surface area contributed by atoms with Crippen LogP contribution in [0.15, 0.2) is 89.2 Å². The van der Waals surface area contributed by atoms with E-state index in [0.29, 0.717) is 12.2 Å². The standard InChI is InChI=1S/C37H36FN5O2/c1-21-6-10-30(25-13-27(38)17-29(44)15-25)31-18-34(43-35(21)31)36-32-16-24(9-11-33(32)40-20-41-36)26(19-39)14-28(12-22-7-8-22)42-37(45)23-4-2-3-5-23/h6,9-19,23,40,43-44H,2-5,7-8,20,39H2,1H3,(H,42,45)/b26-19+,28-14+. The summed E-state index contributed by atoms with van der Waals surface area (Å²) in [5.41, 5.74) is 16.8. The Balaban J connectivity index is 1.25. The molecule has 1 aromatic heterocycles. The van der Waals surface area contributed by atoms with Crippen LogP contribution in [0.1, 0.15) is 60.9 Å². The number of aromatic amines is 1. The topological polar surface area (TPSA) is 116 Å². The summed E-state index contributed by atoms with van der Waals surface area (Å²) in [5, 5.41) is 17.5. The summed E-state index contributed by atoms with van der Waals surface area (Å²) in [4.78, 5) is 21.4. The van der Waals surface area contributed by atoms with Crippen LogP contribution in [-0.2, 0) is 4.79 Å². The fourth-order valence-corrected chi connectivity index (χ4v) is 6.44. The number of nitrogens with zero attached hydrogens (tertiary/aromatic N) is 1. The zero-order valence-corrected chi connectivity index (χ0v) is 25.2. The van der Waals surface area contributed by atoms with Crippen molar-refractivity contribution in [2.45, 2.75) is 45.4 Å². The number of H-pyrrole nitrogens is 1. The van der Waals surface area contributed by atoms with Gasteiger partial charge in [0.25, 0.3) is 0 Å². The van der Waals surface area contributed by atoms with Crippen molar-refractivity contribution < 1.29 is 14.3 Å². The third-order valence-electron chi connectivity index (χ3n) is 8.95. The number of phenols is 1. The van der Waals surface area contributed by atoms with Gasteiger partial charge in [0.15, 0.2) is 0 Å². The fraction of sp³-hybridized carbons (Fsp3) is 0.243. The number of phenolic OH excluding ortho intramolecular Hbond substituents is 1. The molecule has 45 heavy (non-hydrogen) atoms. The molecule has 0 spiro atoms. The second kappa shape index (κ2) is 11.8. The van der Waals surface area contributed by atoms with E-state index >= 15 is 0 Å². The number of allylic oxidation sites excluding steroid dienone is 4. The third-order valence-corrected chi connectivity index (χ3v) is 8.95. The Kier molecular flexibility index (Phi) is 7.49. The predicted octanol–water partition coefficient (Wildman–Crippen LogP) is 7.42. The van der Waals surface area contributed by atoms with Crippen LogP contribution in [0, 0.1) is 18.7 Å². The Hall–Kier alpha value is -5.11. The molecule has 8 heteroatoms. The van der Waals surface area contributed by atoms with E-state index in [9.17, 15) is 14.3 Å². The molecule has 2 fully saturated rings. The van der Waals surface area contributed by atoms with Gasteiger partial charge in [-0.15, -0.1) is 0 Å². The maximum Gasteiger partial charge on any atom is 0.227 e. The summed E-state index contributed by atoms with van der Waals surface area (Å²) in [6, 6.07) is 16.2. The Morgan fingerprint density at radius 2 is 1.89 bits per heavy atom. The number of hydrogen-bond acceptors (Lipinski definition) is 5. The van der Waals surface area contributed by atoms with Crippen LogP contribution in [0.4, 0.5) is 10.1 Å². The molecule has 6 N–H and O–H groups in total. The summed E-state index contributed by atoms with van der Waals surface area (Å²) in [7, 11) is 0. The quantitative estimate of drug-likeness (QED) is 0.142. The molecule has 228 valence electrons. The molecule has 0 unspecified atom stereocenters. The maximum absolute atomic E-state index is 14.2. The van der Waals surface area contributed by atoms with Gasteiger partial charge in [0.1, 0.15) is 18.2 Å². The molecule has 0 radical (unpaired) electrons. The zero-order valence-electron chi connectivity index (χ0n) is 25.2. The van der Waals surface area contributed by atoms with E-state index in [0.717, 1.165) is 106 Å². The lowest BCUT2D eigenvalue weighted by Gasteiger charge is -2.19. The molecule has 3 aliphatic rings. The normalized spacial score (nSPS) is 16.8. The average molecular weight is 602 g/mol. The van der Waals surface area contributed by atoms with Crippen molar-refractivity contribution in [3.8, 4) is 16.9 Å². The summed E-state index contributed by atoms with van der Waals surface area (Å²) < 4.78 is 14.2. The number of aromatic nitrogens is 1. The van der Waals surface area contributed by atoms with Crippen molar-refractivity contribution in [3.05, 3.63) is 112 Å². The smallest absolute Gasteiger partial charge is 0.227 e. The highest BCUT2D eigenvalue weighted by Gasteiger charge is 2.24. The van der Waals surface area contributed by atoms with Gasteiger partial charge in [-0.1, -0.05) is 36.6 Å². The first-order chi connectivity index (χ1) is 21.9. The Morgan fingerprint density at radius 3 is 2.64 bits per heavy atom. The number of amides is 1. The van der Waals surface area contributed by atoms with Gasteiger partial charge in [0, 0.05) is 46.0 Å². The number of hydrogen-bond donors (Lipinski definition) is 5. The summed E-state index contributed by atoms with van der Waals surface area (Å²) in [5.74, 6) is -0.465. The number of rotatable bonds is 7. The van der Waals surface area contributed by atoms with Crippen molar-refractivity contribution in [3.63, 3.8) is 0 Å². The summed E-state index contributed by atoms with van der Waals surface area (Å²) >= 11 is 0. The SMILES string of the molecule is Cc1ccc(-c2cc(O)cc(F)c2)c2cc(C3=NCNc4ccc(C(/C=C(\C=C5CC5)NC(=O)C5CCCC5)=C/N)cc43)[nH]c12. The van der Waals surface area contributed by atoms with Crippen molar-refractivity contribution in [1.29, 1.82) is 0 Å². The van der Waals surface area contributed by atoms with Crippen LogP contribution in [-0.4, -0.2) is 28.4 Å². The predicted molar refractivity (Wildman–Crippen MR) is 178 cm³/mol. The van der Waals surface area contributed by atoms with Crippen LogP contribution in [0.2, 0.25) is 0 Å². The minimum Gasteiger partial charge on any atom is -0.508 e. The van der Waals surface area contributed by atoms with Crippen molar-refractivity contribution in [1.82, 2.24) is 10.3 Å². The lowest BCUT2D eigenvalue weighted by molar-refractivity contribution is -0.123. The van der Waals surface area contributed by atoms with E-state index in [4.69, 9.17) is 10.7 Å². The lowest BCUT2D eigenvalue weighted by Crippen LogP contribution is -2.28. The van der Waals surface area contributed by atoms with E-state index in [1.165, 1.54) is 11.6 Å². The molecule has 2 saturated carbocycles. The van der Waals surface area contributed by atoms with Crippen molar-refractivity contribution >= 4 is 33.8 Å². The first kappa shape index (κ1) is 28.6. The average Bonchev–Trinajstić information content (AvgIpc) is 3.47. The van der Waals surface area contributed by atoms with E-state index in [2.05, 4.69) is 27.8 Å². The number of carbonyl (C=O) groups excluding carboxylic acids is 1. The third kappa shape index (κ3) is 5.88. The first-order valence-electron chi connectivity index (χ1n) is 15.6. The Labute approximate surface area is 261 Å². The minimum atomic E-state index is -0.494. The number of aliphatic imine (C=N–C) groups is 1. The van der Waals surface area contributed by atoms with Gasteiger partial charge in [0.2, 0.25) is 5.91 Å². The number of nitrogens with one attached hydrogen (secondary N) is 3. The molecule has 7 rings (SSSR count). The second-order valence-electron chi connectivity index (χ2n) is 12.2. The molecule has 0 bridgehead atoms. The number of halogens is 1. The van der Waals surface area contributed by atoms with Crippen molar-refractivity contribution in [2.75, 3.05) is 12.0 Å². The number of carbonyl (C=O) groups is 1. The molecular formula is C37H36FN5O2. The van der Waals surface area contributed by atoms with E-state index in [1.807, 2.05) is 43.3 Å². The van der Waals surface area contributed by atoms with Gasteiger partial charge in [-0.3, -0.25) is 9.79 Å². The highest BCUT2D eigenvalue weighted by Crippen LogP contribution is 2.36. The van der Waals surface area contributed by atoms with Crippen LogP contribution in [0.5, 0.6) is 5.75 Å². The number of aryl methyl sites for hydroxylation is 1. The molecule has 0 saturated heterocycles. The van der Waals surface area contributed by atoms with E-state index in [-0.39, 0.29) is 17.6 Å². The summed E-state index contributed by atoms with van der Waals surface area (Å²) in [6.07, 6.45) is 11.8. The molecule has 0 atom stereocenters. The molecule has 1 amide bonds. The second-order valence-corrected chi connectivity index (χ2v) is 12.2. The number of nitrogens with two attached hydrogens (primary N) is 1. The van der Waals surface area contributed by atoms with Crippen molar-refractivity contribution in [2.24, 2.45) is 16.6 Å². The van der Waals surface area contributed by atoms with Gasteiger partial charge in [0.05, 0.1) is 11.4 Å². The highest BCUT2D eigenvalue weighted by atomic mass is 19.1. The maximum atomic E-state index is 14.2. The van der Waals surface area contributed by atoms with E-state index < -0.39 is 5.82 Å². The molecular weight excluding hydrogens is 565 g/mol. The number of aromatic hydroxyl groups is 1. The van der Waals surface area contributed by atoms with Crippen LogP contribution in [0.25, 0.3) is 27.6 Å². The Morgan fingerprint density at radius 1 is 1.07 bits per heavy atom. The first-order valence-corrected chi connectivity index (χ1v) is 15.6. The van der Waals surface area contributed by atoms with Gasteiger partial charge < -0.3 is 26.5 Å². The molecule has 4 aromatic rings. The summed E-state index contributed by atoms with van der Waals surface area (Å²) in [6.45, 7) is 2.45. The lowest BCUT2D eigenvalue weighted by atomic mass is 9.96. The van der Waals surface area contributed by atoms with Gasteiger partial charge in [-0.2, -0.15) is 0 Å².